The average Bonchev–Trinajstić information content (AvgIpc) is 3.46. The minimum Gasteiger partial charge on any atom is -0.357 e. The number of halogens is 1. The Kier molecular flexibility index (Phi) is 8.45. The summed E-state index contributed by atoms with van der Waals surface area (Å²) in [4.78, 5) is 9.09. The number of guanidine groups is 1. The third-order valence-electron chi connectivity index (χ3n) is 4.86. The fraction of sp³-hybridized carbons (Fsp3) is 0.261. The monoisotopic (exact) mass is 529 g/mol. The van der Waals surface area contributed by atoms with Crippen LogP contribution in [0.15, 0.2) is 78.3 Å². The van der Waals surface area contributed by atoms with Crippen LogP contribution in [0.25, 0.3) is 16.7 Å². The first-order chi connectivity index (χ1) is 14.8. The van der Waals surface area contributed by atoms with Gasteiger partial charge in [0.1, 0.15) is 0 Å². The van der Waals surface area contributed by atoms with Gasteiger partial charge >= 0.3 is 0 Å². The minimum absolute atomic E-state index is 0. The third kappa shape index (κ3) is 6.06. The molecular formula is C23H28IN7. The highest BCUT2D eigenvalue weighted by Crippen LogP contribution is 2.15. The Labute approximate surface area is 199 Å². The van der Waals surface area contributed by atoms with Crippen LogP contribution >= 0.6 is 24.0 Å². The van der Waals surface area contributed by atoms with Crippen molar-refractivity contribution in [3.8, 4) is 5.82 Å². The van der Waals surface area contributed by atoms with Gasteiger partial charge in [-0.1, -0.05) is 18.2 Å². The topological polar surface area (TPSA) is 72.1 Å². The predicted octanol–water partition coefficient (Wildman–Crippen LogP) is 3.99. The van der Waals surface area contributed by atoms with Crippen LogP contribution in [-0.2, 0) is 13.1 Å². The highest BCUT2D eigenvalue weighted by atomic mass is 127. The molecule has 0 saturated heterocycles. The second-order valence-electron chi connectivity index (χ2n) is 7.02. The average molecular weight is 529 g/mol. The normalized spacial score (nSPS) is 11.3. The van der Waals surface area contributed by atoms with Crippen molar-refractivity contribution < 1.29 is 0 Å². The number of aryl methyl sites for hydroxylation is 1. The van der Waals surface area contributed by atoms with Gasteiger partial charge in [0.15, 0.2) is 11.8 Å². The van der Waals surface area contributed by atoms with E-state index in [4.69, 9.17) is 4.99 Å². The Morgan fingerprint density at radius 3 is 2.77 bits per heavy atom. The van der Waals surface area contributed by atoms with Gasteiger partial charge in [-0.05, 0) is 54.6 Å². The highest BCUT2D eigenvalue weighted by molar-refractivity contribution is 14.0. The van der Waals surface area contributed by atoms with Crippen LogP contribution in [0.4, 0.5) is 0 Å². The van der Waals surface area contributed by atoms with Gasteiger partial charge in [0.25, 0.3) is 0 Å². The number of hydrogen-bond donors (Lipinski definition) is 2. The van der Waals surface area contributed by atoms with Crippen molar-refractivity contribution in [3.63, 3.8) is 0 Å². The van der Waals surface area contributed by atoms with E-state index in [0.29, 0.717) is 6.54 Å². The number of fused-ring (bicyclic) bond motifs is 1. The molecule has 3 aromatic heterocycles. The number of aliphatic imine (C=N–C) groups is 1. The Hall–Kier alpha value is -2.88. The maximum atomic E-state index is 4.72. The fourth-order valence-electron chi connectivity index (χ4n) is 3.39. The van der Waals surface area contributed by atoms with Crippen LogP contribution in [-0.4, -0.2) is 38.4 Å². The number of nitrogens with one attached hydrogen (secondary N) is 2. The lowest BCUT2D eigenvalue weighted by molar-refractivity contribution is 0.641. The summed E-state index contributed by atoms with van der Waals surface area (Å²) >= 11 is 0. The predicted molar refractivity (Wildman–Crippen MR) is 136 cm³/mol. The molecule has 0 aliphatic carbocycles. The Morgan fingerprint density at radius 2 is 1.94 bits per heavy atom. The number of nitrogens with zero attached hydrogens (tertiary/aromatic N) is 5. The zero-order valence-corrected chi connectivity index (χ0v) is 19.9. The van der Waals surface area contributed by atoms with Gasteiger partial charge in [-0.2, -0.15) is 5.10 Å². The van der Waals surface area contributed by atoms with Crippen molar-refractivity contribution in [1.82, 2.24) is 30.0 Å². The molecule has 0 unspecified atom stereocenters. The van der Waals surface area contributed by atoms with Crippen molar-refractivity contribution in [3.05, 3.63) is 78.9 Å². The smallest absolute Gasteiger partial charge is 0.191 e. The Morgan fingerprint density at radius 1 is 1.03 bits per heavy atom. The number of benzene rings is 1. The van der Waals surface area contributed by atoms with E-state index in [1.54, 1.807) is 17.1 Å². The van der Waals surface area contributed by atoms with Gasteiger partial charge in [0, 0.05) is 49.9 Å². The Bertz CT molecular complexity index is 1100. The highest BCUT2D eigenvalue weighted by Gasteiger charge is 2.03. The van der Waals surface area contributed by atoms with Gasteiger partial charge < -0.3 is 15.2 Å². The molecule has 0 aliphatic rings. The van der Waals surface area contributed by atoms with Crippen molar-refractivity contribution in [2.45, 2.75) is 26.4 Å². The summed E-state index contributed by atoms with van der Waals surface area (Å²) in [6.07, 6.45) is 8.60. The lowest BCUT2D eigenvalue weighted by Crippen LogP contribution is -2.38. The number of para-hydroxylation sites is 1. The molecular weight excluding hydrogens is 501 g/mol. The van der Waals surface area contributed by atoms with Crippen LogP contribution in [0.5, 0.6) is 0 Å². The largest absolute Gasteiger partial charge is 0.357 e. The molecule has 0 amide bonds. The summed E-state index contributed by atoms with van der Waals surface area (Å²) in [7, 11) is 0. The van der Waals surface area contributed by atoms with E-state index in [1.807, 2.05) is 24.4 Å². The molecule has 0 bridgehead atoms. The maximum Gasteiger partial charge on any atom is 0.191 e. The van der Waals surface area contributed by atoms with E-state index in [-0.39, 0.29) is 24.0 Å². The molecule has 3 heterocycles. The molecule has 162 valence electrons. The molecule has 2 N–H and O–H groups in total. The number of rotatable bonds is 8. The quantitative estimate of drug-likeness (QED) is 0.157. The number of pyridine rings is 1. The lowest BCUT2D eigenvalue weighted by Gasteiger charge is -2.12. The van der Waals surface area contributed by atoms with Crippen LogP contribution in [0.2, 0.25) is 0 Å². The summed E-state index contributed by atoms with van der Waals surface area (Å²) in [5.74, 6) is 1.62. The molecule has 7 nitrogen and oxygen atoms in total. The first-order valence-corrected chi connectivity index (χ1v) is 10.3. The maximum absolute atomic E-state index is 4.72. The fourth-order valence-corrected chi connectivity index (χ4v) is 3.39. The summed E-state index contributed by atoms with van der Waals surface area (Å²) in [5, 5.41) is 12.3. The molecule has 1 aromatic carbocycles. The van der Waals surface area contributed by atoms with Gasteiger partial charge in [-0.3, -0.25) is 0 Å². The van der Waals surface area contributed by atoms with Gasteiger partial charge in [0.05, 0.1) is 6.54 Å². The molecule has 0 atom stereocenters. The van der Waals surface area contributed by atoms with Gasteiger partial charge in [-0.15, -0.1) is 24.0 Å². The second-order valence-corrected chi connectivity index (χ2v) is 7.02. The number of aromatic nitrogens is 4. The second kappa shape index (κ2) is 11.5. The van der Waals surface area contributed by atoms with Crippen LogP contribution < -0.4 is 10.6 Å². The molecule has 4 aromatic rings. The number of hydrogen-bond acceptors (Lipinski definition) is 3. The third-order valence-corrected chi connectivity index (χ3v) is 4.86. The van der Waals surface area contributed by atoms with E-state index in [9.17, 15) is 0 Å². The standard InChI is InChI=1S/C23H27N7.HI/c1-2-24-23(26-11-5-14-29-16-10-20-7-3-4-8-21(20)29)27-18-19-9-13-25-22(17-19)30-15-6-12-28-30;/h3-4,6-10,12-13,15-17H,2,5,11,14,18H2,1H3,(H2,24,26,27);1H. The molecule has 0 radical (unpaired) electrons. The molecule has 31 heavy (non-hydrogen) atoms. The lowest BCUT2D eigenvalue weighted by atomic mass is 10.2. The van der Waals surface area contributed by atoms with Crippen LogP contribution in [0.3, 0.4) is 0 Å². The van der Waals surface area contributed by atoms with Gasteiger partial charge in [-0.25, -0.2) is 14.7 Å². The van der Waals surface area contributed by atoms with Crippen LogP contribution in [0.1, 0.15) is 18.9 Å². The van der Waals surface area contributed by atoms with Crippen molar-refractivity contribution >= 4 is 40.8 Å². The van der Waals surface area contributed by atoms with E-state index in [2.05, 4.69) is 68.7 Å². The van der Waals surface area contributed by atoms with Crippen molar-refractivity contribution in [2.24, 2.45) is 4.99 Å². The molecule has 0 spiro atoms. The SMILES string of the molecule is CCNC(=NCc1ccnc(-n2cccn2)c1)NCCCn1ccc2ccccc21.I. The van der Waals surface area contributed by atoms with E-state index in [0.717, 1.165) is 43.4 Å². The summed E-state index contributed by atoms with van der Waals surface area (Å²) in [6, 6.07) is 16.5. The molecule has 0 saturated carbocycles. The van der Waals surface area contributed by atoms with E-state index >= 15 is 0 Å². The van der Waals surface area contributed by atoms with Gasteiger partial charge in [0.2, 0.25) is 0 Å². The summed E-state index contributed by atoms with van der Waals surface area (Å²) in [5.41, 5.74) is 2.37. The molecule has 4 rings (SSSR count). The zero-order valence-electron chi connectivity index (χ0n) is 17.6. The van der Waals surface area contributed by atoms with E-state index in [1.165, 1.54) is 10.9 Å². The summed E-state index contributed by atoms with van der Waals surface area (Å²) < 4.78 is 4.05. The molecule has 0 aliphatic heterocycles. The van der Waals surface area contributed by atoms with Crippen molar-refractivity contribution in [1.29, 1.82) is 0 Å². The van der Waals surface area contributed by atoms with E-state index < -0.39 is 0 Å². The zero-order chi connectivity index (χ0) is 20.6. The molecule has 8 heteroatoms. The minimum atomic E-state index is 0. The molecule has 0 fully saturated rings. The first-order valence-electron chi connectivity index (χ1n) is 10.3. The summed E-state index contributed by atoms with van der Waals surface area (Å²) in [6.45, 7) is 5.30. The van der Waals surface area contributed by atoms with Crippen LogP contribution in [0, 0.1) is 0 Å². The first kappa shape index (κ1) is 22.8. The van der Waals surface area contributed by atoms with Crippen molar-refractivity contribution in [2.75, 3.05) is 13.1 Å². The Balaban J connectivity index is 0.00000272.